The zero-order valence-electron chi connectivity index (χ0n) is 13.5. The Labute approximate surface area is 135 Å². The molecule has 0 spiro atoms. The first-order chi connectivity index (χ1) is 11.0. The molecule has 0 amide bonds. The second-order valence-electron chi connectivity index (χ2n) is 5.98. The van der Waals surface area contributed by atoms with Crippen molar-refractivity contribution in [3.8, 4) is 17.5 Å². The first-order valence-corrected chi connectivity index (χ1v) is 7.63. The maximum atomic E-state index is 14.2. The lowest BCUT2D eigenvalue weighted by molar-refractivity contribution is 0.590. The van der Waals surface area contributed by atoms with Crippen LogP contribution in [0, 0.1) is 36.9 Å². The molecule has 4 heteroatoms. The summed E-state index contributed by atoms with van der Waals surface area (Å²) >= 11 is 0. The number of fused-ring (bicyclic) bond motifs is 1. The van der Waals surface area contributed by atoms with Crippen molar-refractivity contribution in [3.05, 3.63) is 53.3 Å². The summed E-state index contributed by atoms with van der Waals surface area (Å²) in [5.41, 5.74) is 4.54. The summed E-state index contributed by atoms with van der Waals surface area (Å²) in [5.74, 6) is 0.0897. The lowest BCUT2D eigenvalue weighted by Crippen LogP contribution is -2.08. The third kappa shape index (κ3) is 2.70. The van der Waals surface area contributed by atoms with Gasteiger partial charge < -0.3 is 4.57 Å². The fraction of sp³-hybridized carbons (Fsp3) is 0.263. The summed E-state index contributed by atoms with van der Waals surface area (Å²) < 4.78 is 16.2. The van der Waals surface area contributed by atoms with Gasteiger partial charge in [-0.25, -0.2) is 9.37 Å². The number of hydrogen-bond acceptors (Lipinski definition) is 2. The van der Waals surface area contributed by atoms with Gasteiger partial charge >= 0.3 is 0 Å². The molecule has 2 aromatic carbocycles. The third-order valence-electron chi connectivity index (χ3n) is 4.16. The zero-order chi connectivity index (χ0) is 16.6. The molecule has 0 radical (unpaired) electrons. The van der Waals surface area contributed by atoms with Crippen LogP contribution in [0.3, 0.4) is 0 Å². The minimum atomic E-state index is -0.304. The number of nitriles is 1. The van der Waals surface area contributed by atoms with E-state index in [1.54, 1.807) is 18.2 Å². The number of imidazole rings is 1. The van der Waals surface area contributed by atoms with Gasteiger partial charge in [0.25, 0.3) is 0 Å². The highest BCUT2D eigenvalue weighted by atomic mass is 19.1. The number of halogens is 1. The van der Waals surface area contributed by atoms with E-state index < -0.39 is 0 Å². The molecule has 1 heterocycles. The van der Waals surface area contributed by atoms with Gasteiger partial charge in [-0.15, -0.1) is 0 Å². The summed E-state index contributed by atoms with van der Waals surface area (Å²) in [7, 11) is 0. The van der Waals surface area contributed by atoms with Crippen molar-refractivity contribution >= 4 is 11.0 Å². The second-order valence-corrected chi connectivity index (χ2v) is 5.98. The second kappa shape index (κ2) is 5.85. The predicted octanol–water partition coefficient (Wildman–Crippen LogP) is 4.62. The number of aryl methyl sites for hydroxylation is 2. The van der Waals surface area contributed by atoms with E-state index in [1.807, 2.05) is 31.4 Å². The standard InChI is InChI=1S/C19H18FN3/c1-12(10-21)11-23-18-9-14(3)13(2)8-17(18)22-19(23)15-6-4-5-7-16(15)20/h4-9,12H,11H2,1-3H3. The van der Waals surface area contributed by atoms with Crippen molar-refractivity contribution in [3.63, 3.8) is 0 Å². The molecule has 0 aliphatic carbocycles. The van der Waals surface area contributed by atoms with Crippen LogP contribution in [0.5, 0.6) is 0 Å². The molecule has 116 valence electrons. The van der Waals surface area contributed by atoms with Gasteiger partial charge in [0.1, 0.15) is 11.6 Å². The van der Waals surface area contributed by atoms with Crippen molar-refractivity contribution in [2.45, 2.75) is 27.3 Å². The monoisotopic (exact) mass is 307 g/mol. The average Bonchev–Trinajstić information content (AvgIpc) is 2.86. The van der Waals surface area contributed by atoms with Crippen LogP contribution in [0.15, 0.2) is 36.4 Å². The predicted molar refractivity (Wildman–Crippen MR) is 89.4 cm³/mol. The summed E-state index contributed by atoms with van der Waals surface area (Å²) in [5, 5.41) is 9.16. The van der Waals surface area contributed by atoms with Crippen molar-refractivity contribution < 1.29 is 4.39 Å². The molecule has 0 aliphatic rings. The normalized spacial score (nSPS) is 12.3. The van der Waals surface area contributed by atoms with E-state index in [0.29, 0.717) is 17.9 Å². The summed E-state index contributed by atoms with van der Waals surface area (Å²) in [6.07, 6.45) is 0. The number of aromatic nitrogens is 2. The topological polar surface area (TPSA) is 41.6 Å². The first kappa shape index (κ1) is 15.2. The van der Waals surface area contributed by atoms with E-state index in [4.69, 9.17) is 5.26 Å². The highest BCUT2D eigenvalue weighted by Crippen LogP contribution is 2.29. The Morgan fingerprint density at radius 1 is 1.22 bits per heavy atom. The molecular weight excluding hydrogens is 289 g/mol. The molecule has 3 aromatic rings. The van der Waals surface area contributed by atoms with E-state index in [9.17, 15) is 4.39 Å². The molecule has 23 heavy (non-hydrogen) atoms. The maximum Gasteiger partial charge on any atom is 0.144 e. The Hall–Kier alpha value is -2.67. The van der Waals surface area contributed by atoms with Gasteiger partial charge in [0.2, 0.25) is 0 Å². The molecule has 1 atom stereocenters. The lowest BCUT2D eigenvalue weighted by atomic mass is 10.1. The molecule has 0 bridgehead atoms. The minimum absolute atomic E-state index is 0.181. The molecule has 0 fully saturated rings. The Morgan fingerprint density at radius 2 is 1.91 bits per heavy atom. The van der Waals surface area contributed by atoms with Crippen molar-refractivity contribution in [1.82, 2.24) is 9.55 Å². The van der Waals surface area contributed by atoms with Gasteiger partial charge in [-0.05, 0) is 56.2 Å². The Bertz CT molecular complexity index is 918. The number of hydrogen-bond donors (Lipinski definition) is 0. The fourth-order valence-corrected chi connectivity index (χ4v) is 2.73. The molecule has 1 aromatic heterocycles. The van der Waals surface area contributed by atoms with Crippen LogP contribution in [0.25, 0.3) is 22.4 Å². The highest BCUT2D eigenvalue weighted by molar-refractivity contribution is 5.82. The van der Waals surface area contributed by atoms with Crippen LogP contribution in [0.4, 0.5) is 4.39 Å². The SMILES string of the molecule is Cc1cc2nc(-c3ccccc3F)n(CC(C)C#N)c2cc1C. The average molecular weight is 307 g/mol. The number of nitrogens with zero attached hydrogens (tertiary/aromatic N) is 3. The van der Waals surface area contributed by atoms with Gasteiger partial charge in [0, 0.05) is 6.54 Å². The molecule has 0 aliphatic heterocycles. The summed E-state index contributed by atoms with van der Waals surface area (Å²) in [4.78, 5) is 4.65. The summed E-state index contributed by atoms with van der Waals surface area (Å²) in [6.45, 7) is 6.42. The van der Waals surface area contributed by atoms with E-state index in [-0.39, 0.29) is 11.7 Å². The van der Waals surface area contributed by atoms with Crippen molar-refractivity contribution in [2.75, 3.05) is 0 Å². The van der Waals surface area contributed by atoms with Crippen LogP contribution in [0.2, 0.25) is 0 Å². The Kier molecular flexibility index (Phi) is 3.87. The van der Waals surface area contributed by atoms with Crippen LogP contribution in [0.1, 0.15) is 18.1 Å². The molecule has 0 saturated heterocycles. The van der Waals surface area contributed by atoms with Crippen LogP contribution in [-0.2, 0) is 6.54 Å². The van der Waals surface area contributed by atoms with Gasteiger partial charge in [0.15, 0.2) is 0 Å². The van der Waals surface area contributed by atoms with Crippen LogP contribution < -0.4 is 0 Å². The minimum Gasteiger partial charge on any atom is -0.323 e. The smallest absolute Gasteiger partial charge is 0.144 e. The Morgan fingerprint density at radius 3 is 2.61 bits per heavy atom. The van der Waals surface area contributed by atoms with Crippen molar-refractivity contribution in [2.24, 2.45) is 5.92 Å². The molecule has 1 unspecified atom stereocenters. The quantitative estimate of drug-likeness (QED) is 0.708. The Balaban J connectivity index is 2.30. The molecular formula is C19H18FN3. The molecule has 0 N–H and O–H groups in total. The van der Waals surface area contributed by atoms with Crippen LogP contribution in [-0.4, -0.2) is 9.55 Å². The van der Waals surface area contributed by atoms with E-state index in [2.05, 4.69) is 17.1 Å². The largest absolute Gasteiger partial charge is 0.323 e. The van der Waals surface area contributed by atoms with Crippen LogP contribution >= 0.6 is 0 Å². The zero-order valence-corrected chi connectivity index (χ0v) is 13.5. The maximum absolute atomic E-state index is 14.2. The van der Waals surface area contributed by atoms with Gasteiger partial charge in [-0.2, -0.15) is 5.26 Å². The van der Waals surface area contributed by atoms with E-state index in [1.165, 1.54) is 6.07 Å². The van der Waals surface area contributed by atoms with E-state index >= 15 is 0 Å². The van der Waals surface area contributed by atoms with Gasteiger partial charge in [0.05, 0.1) is 28.6 Å². The first-order valence-electron chi connectivity index (χ1n) is 7.63. The van der Waals surface area contributed by atoms with E-state index in [0.717, 1.165) is 22.2 Å². The van der Waals surface area contributed by atoms with Crippen molar-refractivity contribution in [1.29, 1.82) is 5.26 Å². The summed E-state index contributed by atoms with van der Waals surface area (Å²) in [6, 6.07) is 12.9. The molecule has 3 nitrogen and oxygen atoms in total. The third-order valence-corrected chi connectivity index (χ3v) is 4.16. The lowest BCUT2D eigenvalue weighted by Gasteiger charge is -2.11. The fourth-order valence-electron chi connectivity index (χ4n) is 2.73. The highest BCUT2D eigenvalue weighted by Gasteiger charge is 2.17. The molecule has 0 saturated carbocycles. The van der Waals surface area contributed by atoms with Gasteiger partial charge in [-0.1, -0.05) is 12.1 Å². The van der Waals surface area contributed by atoms with Gasteiger partial charge in [-0.3, -0.25) is 0 Å². The number of rotatable bonds is 3. The molecule has 3 rings (SSSR count). The number of benzene rings is 2.